The quantitative estimate of drug-likeness (QED) is 0.860. The summed E-state index contributed by atoms with van der Waals surface area (Å²) in [5.74, 6) is -1.33. The standard InChI is InChI=1S/C15H18F2N2O2/c1-9(2)14(7-20)18-6-11-8-21-15(19-11)10-3-4-12(16)13(17)5-10/h3-5,8-9,14,18,20H,6-7H2,1-2H3/t14-/m1/s1. The highest BCUT2D eigenvalue weighted by molar-refractivity contribution is 5.53. The molecule has 2 N–H and O–H groups in total. The smallest absolute Gasteiger partial charge is 0.226 e. The second-order valence-electron chi connectivity index (χ2n) is 5.19. The van der Waals surface area contributed by atoms with Gasteiger partial charge in [0, 0.05) is 18.2 Å². The molecule has 1 heterocycles. The predicted octanol–water partition coefficient (Wildman–Crippen LogP) is 2.73. The third-order valence-electron chi connectivity index (χ3n) is 3.27. The molecule has 4 nitrogen and oxygen atoms in total. The van der Waals surface area contributed by atoms with Crippen LogP contribution in [0.4, 0.5) is 8.78 Å². The first-order valence-electron chi connectivity index (χ1n) is 6.75. The van der Waals surface area contributed by atoms with Crippen LogP contribution in [0.2, 0.25) is 0 Å². The Morgan fingerprint density at radius 3 is 2.67 bits per heavy atom. The number of rotatable bonds is 6. The van der Waals surface area contributed by atoms with E-state index in [4.69, 9.17) is 4.42 Å². The van der Waals surface area contributed by atoms with Crippen molar-refractivity contribution in [2.24, 2.45) is 5.92 Å². The summed E-state index contributed by atoms with van der Waals surface area (Å²) in [4.78, 5) is 4.22. The minimum absolute atomic E-state index is 0.0333. The van der Waals surface area contributed by atoms with E-state index in [9.17, 15) is 13.9 Å². The van der Waals surface area contributed by atoms with Crippen LogP contribution < -0.4 is 5.32 Å². The summed E-state index contributed by atoms with van der Waals surface area (Å²) in [5.41, 5.74) is 1.01. The number of aliphatic hydroxyl groups excluding tert-OH is 1. The Morgan fingerprint density at radius 2 is 2.05 bits per heavy atom. The van der Waals surface area contributed by atoms with E-state index in [1.165, 1.54) is 12.3 Å². The Balaban J connectivity index is 2.05. The fraction of sp³-hybridized carbons (Fsp3) is 0.400. The van der Waals surface area contributed by atoms with Crippen molar-refractivity contribution >= 4 is 0 Å². The SMILES string of the molecule is CC(C)[C@@H](CO)NCc1coc(-c2ccc(F)c(F)c2)n1. The third kappa shape index (κ3) is 3.86. The van der Waals surface area contributed by atoms with E-state index < -0.39 is 11.6 Å². The van der Waals surface area contributed by atoms with Crippen molar-refractivity contribution < 1.29 is 18.3 Å². The molecular weight excluding hydrogens is 278 g/mol. The van der Waals surface area contributed by atoms with Crippen LogP contribution in [0.25, 0.3) is 11.5 Å². The zero-order valence-electron chi connectivity index (χ0n) is 11.9. The van der Waals surface area contributed by atoms with Crippen molar-refractivity contribution in [3.8, 4) is 11.5 Å². The highest BCUT2D eigenvalue weighted by Crippen LogP contribution is 2.21. The number of aromatic nitrogens is 1. The average Bonchev–Trinajstić information content (AvgIpc) is 2.91. The summed E-state index contributed by atoms with van der Waals surface area (Å²) in [6.45, 7) is 4.47. The fourth-order valence-corrected chi connectivity index (χ4v) is 1.90. The molecule has 0 radical (unpaired) electrons. The second-order valence-corrected chi connectivity index (χ2v) is 5.19. The Morgan fingerprint density at radius 1 is 1.29 bits per heavy atom. The van der Waals surface area contributed by atoms with Crippen molar-refractivity contribution in [1.82, 2.24) is 10.3 Å². The molecule has 114 valence electrons. The Bertz CT molecular complexity index is 599. The van der Waals surface area contributed by atoms with Crippen LogP contribution in [-0.2, 0) is 6.54 Å². The molecule has 0 saturated heterocycles. The van der Waals surface area contributed by atoms with E-state index in [-0.39, 0.29) is 24.5 Å². The Hall–Kier alpha value is -1.79. The first-order chi connectivity index (χ1) is 10.0. The van der Waals surface area contributed by atoms with Crippen LogP contribution in [0.1, 0.15) is 19.5 Å². The lowest BCUT2D eigenvalue weighted by Gasteiger charge is -2.18. The maximum absolute atomic E-state index is 13.2. The van der Waals surface area contributed by atoms with Crippen LogP contribution in [0, 0.1) is 17.6 Å². The number of hydrogen-bond donors (Lipinski definition) is 2. The van der Waals surface area contributed by atoms with Crippen LogP contribution in [-0.4, -0.2) is 22.7 Å². The van der Waals surface area contributed by atoms with E-state index in [1.807, 2.05) is 13.8 Å². The van der Waals surface area contributed by atoms with Gasteiger partial charge in [-0.3, -0.25) is 0 Å². The lowest BCUT2D eigenvalue weighted by molar-refractivity contribution is 0.209. The third-order valence-corrected chi connectivity index (χ3v) is 3.27. The van der Waals surface area contributed by atoms with Crippen molar-refractivity contribution in [2.45, 2.75) is 26.4 Å². The van der Waals surface area contributed by atoms with E-state index in [2.05, 4.69) is 10.3 Å². The van der Waals surface area contributed by atoms with Crippen molar-refractivity contribution in [1.29, 1.82) is 0 Å². The summed E-state index contributed by atoms with van der Waals surface area (Å²) in [6.07, 6.45) is 1.46. The van der Waals surface area contributed by atoms with Gasteiger partial charge in [-0.2, -0.15) is 0 Å². The van der Waals surface area contributed by atoms with Crippen molar-refractivity contribution in [3.63, 3.8) is 0 Å². The van der Waals surface area contributed by atoms with E-state index in [0.717, 1.165) is 12.1 Å². The number of nitrogens with zero attached hydrogens (tertiary/aromatic N) is 1. The summed E-state index contributed by atoms with van der Waals surface area (Å²) >= 11 is 0. The molecule has 2 rings (SSSR count). The first-order valence-corrected chi connectivity index (χ1v) is 6.75. The predicted molar refractivity (Wildman–Crippen MR) is 74.4 cm³/mol. The zero-order valence-corrected chi connectivity index (χ0v) is 11.9. The molecular formula is C15H18F2N2O2. The molecule has 1 aromatic heterocycles. The lowest BCUT2D eigenvalue weighted by Crippen LogP contribution is -2.36. The summed E-state index contributed by atoms with van der Waals surface area (Å²) in [7, 11) is 0. The second kappa shape index (κ2) is 6.78. The van der Waals surface area contributed by atoms with E-state index in [0.29, 0.717) is 17.8 Å². The van der Waals surface area contributed by atoms with Gasteiger partial charge in [0.1, 0.15) is 6.26 Å². The monoisotopic (exact) mass is 296 g/mol. The summed E-state index contributed by atoms with van der Waals surface area (Å²) in [5, 5.41) is 12.4. The zero-order chi connectivity index (χ0) is 15.4. The van der Waals surface area contributed by atoms with Crippen molar-refractivity contribution in [3.05, 3.63) is 41.8 Å². The molecule has 0 aliphatic carbocycles. The average molecular weight is 296 g/mol. The summed E-state index contributed by atoms with van der Waals surface area (Å²) in [6, 6.07) is 3.45. The van der Waals surface area contributed by atoms with Gasteiger partial charge in [0.25, 0.3) is 0 Å². The van der Waals surface area contributed by atoms with Gasteiger partial charge in [0.05, 0.1) is 12.3 Å². The molecule has 0 fully saturated rings. The van der Waals surface area contributed by atoms with Crippen LogP contribution in [0.5, 0.6) is 0 Å². The largest absolute Gasteiger partial charge is 0.444 e. The maximum Gasteiger partial charge on any atom is 0.226 e. The van der Waals surface area contributed by atoms with Gasteiger partial charge in [-0.05, 0) is 24.1 Å². The highest BCUT2D eigenvalue weighted by atomic mass is 19.2. The Kier molecular flexibility index (Phi) is 5.03. The van der Waals surface area contributed by atoms with Gasteiger partial charge >= 0.3 is 0 Å². The number of aliphatic hydroxyl groups is 1. The van der Waals surface area contributed by atoms with Crippen LogP contribution in [0.15, 0.2) is 28.9 Å². The minimum Gasteiger partial charge on any atom is -0.444 e. The molecule has 1 aromatic carbocycles. The fourth-order valence-electron chi connectivity index (χ4n) is 1.90. The van der Waals surface area contributed by atoms with Gasteiger partial charge < -0.3 is 14.8 Å². The van der Waals surface area contributed by atoms with Gasteiger partial charge in [0.15, 0.2) is 11.6 Å². The van der Waals surface area contributed by atoms with E-state index in [1.54, 1.807) is 0 Å². The molecule has 0 aliphatic rings. The molecule has 0 aliphatic heterocycles. The molecule has 0 saturated carbocycles. The number of oxazole rings is 1. The van der Waals surface area contributed by atoms with Gasteiger partial charge in [-0.25, -0.2) is 13.8 Å². The minimum atomic E-state index is -0.939. The lowest BCUT2D eigenvalue weighted by atomic mass is 10.1. The topological polar surface area (TPSA) is 58.3 Å². The Labute approximate surface area is 121 Å². The number of benzene rings is 1. The molecule has 21 heavy (non-hydrogen) atoms. The molecule has 0 bridgehead atoms. The van der Waals surface area contributed by atoms with E-state index >= 15 is 0 Å². The number of nitrogens with one attached hydrogen (secondary N) is 1. The highest BCUT2D eigenvalue weighted by Gasteiger charge is 2.13. The van der Waals surface area contributed by atoms with Crippen LogP contribution in [0.3, 0.4) is 0 Å². The van der Waals surface area contributed by atoms with Gasteiger partial charge in [-0.15, -0.1) is 0 Å². The molecule has 0 spiro atoms. The molecule has 2 aromatic rings. The van der Waals surface area contributed by atoms with Gasteiger partial charge in [0.2, 0.25) is 5.89 Å². The molecule has 6 heteroatoms. The van der Waals surface area contributed by atoms with Crippen LogP contribution >= 0.6 is 0 Å². The maximum atomic E-state index is 13.2. The number of hydrogen-bond acceptors (Lipinski definition) is 4. The molecule has 0 amide bonds. The molecule has 1 atom stereocenters. The van der Waals surface area contributed by atoms with Gasteiger partial charge in [-0.1, -0.05) is 13.8 Å². The number of halogens is 2. The first kappa shape index (κ1) is 15.6. The summed E-state index contributed by atoms with van der Waals surface area (Å²) < 4.78 is 31.3. The molecule has 0 unspecified atom stereocenters. The van der Waals surface area contributed by atoms with Crippen molar-refractivity contribution in [2.75, 3.05) is 6.61 Å². The normalized spacial score (nSPS) is 12.9.